The Labute approximate surface area is 116 Å². The van der Waals surface area contributed by atoms with Gasteiger partial charge in [-0.15, -0.1) is 0 Å². The number of rotatable bonds is 3. The Bertz CT molecular complexity index is 519. The number of carbonyl (C=O) groups is 1. The van der Waals surface area contributed by atoms with Crippen molar-refractivity contribution in [3.63, 3.8) is 0 Å². The summed E-state index contributed by atoms with van der Waals surface area (Å²) in [5.41, 5.74) is 0.235. The summed E-state index contributed by atoms with van der Waals surface area (Å²) < 4.78 is 0. The van der Waals surface area contributed by atoms with E-state index in [9.17, 15) is 14.9 Å². The van der Waals surface area contributed by atoms with Crippen LogP contribution in [0.15, 0.2) is 18.2 Å². The minimum Gasteiger partial charge on any atom is -0.338 e. The Morgan fingerprint density at radius 2 is 2.32 bits per heavy atom. The summed E-state index contributed by atoms with van der Waals surface area (Å²) in [6.45, 7) is 3.61. The van der Waals surface area contributed by atoms with Crippen molar-refractivity contribution in [3.8, 4) is 0 Å². The second-order valence-electron chi connectivity index (χ2n) is 4.74. The molecule has 1 fully saturated rings. The number of hydrogen-bond acceptors (Lipinski definition) is 3. The summed E-state index contributed by atoms with van der Waals surface area (Å²) in [5, 5.41) is 10.7. The van der Waals surface area contributed by atoms with Crippen LogP contribution in [0, 0.1) is 16.0 Å². The van der Waals surface area contributed by atoms with E-state index < -0.39 is 4.92 Å². The molecule has 19 heavy (non-hydrogen) atoms. The molecular weight excluding hydrogens is 268 g/mol. The molecule has 0 aliphatic carbocycles. The summed E-state index contributed by atoms with van der Waals surface area (Å²) in [7, 11) is 0. The third kappa shape index (κ3) is 2.87. The Balaban J connectivity index is 2.16. The highest BCUT2D eigenvalue weighted by Crippen LogP contribution is 2.27. The van der Waals surface area contributed by atoms with Crippen LogP contribution < -0.4 is 0 Å². The maximum absolute atomic E-state index is 12.2. The lowest BCUT2D eigenvalue weighted by Gasteiger charge is -2.16. The number of likely N-dealkylation sites (tertiary alicyclic amines) is 1. The molecule has 0 spiro atoms. The third-order valence-electron chi connectivity index (χ3n) is 3.54. The van der Waals surface area contributed by atoms with Gasteiger partial charge < -0.3 is 4.90 Å². The largest absolute Gasteiger partial charge is 0.338 e. The standard InChI is InChI=1S/C13H15ClN2O3/c1-2-9-5-6-15(8-9)13(17)10-3-4-12(16(18)19)11(14)7-10/h3-4,7,9H,2,5-6,8H2,1H3. The number of nitro groups is 1. The maximum Gasteiger partial charge on any atom is 0.287 e. The average Bonchev–Trinajstić information content (AvgIpc) is 2.86. The van der Waals surface area contributed by atoms with Crippen LogP contribution in [0.1, 0.15) is 30.1 Å². The summed E-state index contributed by atoms with van der Waals surface area (Å²) in [4.78, 5) is 24.1. The quantitative estimate of drug-likeness (QED) is 0.632. The second kappa shape index (κ2) is 5.57. The molecule has 1 atom stereocenters. The van der Waals surface area contributed by atoms with Crippen LogP contribution in [0.4, 0.5) is 5.69 Å². The van der Waals surface area contributed by atoms with E-state index in [0.717, 1.165) is 25.9 Å². The van der Waals surface area contributed by atoms with Crippen LogP contribution in [0.3, 0.4) is 0 Å². The molecular formula is C13H15ClN2O3. The highest BCUT2D eigenvalue weighted by atomic mass is 35.5. The molecule has 0 radical (unpaired) electrons. The molecule has 1 heterocycles. The minimum atomic E-state index is -0.556. The monoisotopic (exact) mass is 282 g/mol. The lowest BCUT2D eigenvalue weighted by molar-refractivity contribution is -0.384. The van der Waals surface area contributed by atoms with Crippen molar-refractivity contribution < 1.29 is 9.72 Å². The van der Waals surface area contributed by atoms with E-state index in [0.29, 0.717) is 11.5 Å². The first-order valence-corrected chi connectivity index (χ1v) is 6.64. The Morgan fingerprint density at radius 3 is 2.84 bits per heavy atom. The summed E-state index contributed by atoms with van der Waals surface area (Å²) in [6.07, 6.45) is 2.08. The van der Waals surface area contributed by atoms with Gasteiger partial charge in [-0.3, -0.25) is 14.9 Å². The number of hydrogen-bond donors (Lipinski definition) is 0. The van der Waals surface area contributed by atoms with E-state index in [1.54, 1.807) is 4.90 Å². The molecule has 1 aliphatic rings. The SMILES string of the molecule is CCC1CCN(C(=O)c2ccc([N+](=O)[O-])c(Cl)c2)C1. The van der Waals surface area contributed by atoms with E-state index in [1.165, 1.54) is 18.2 Å². The van der Waals surface area contributed by atoms with Gasteiger partial charge in [0, 0.05) is 24.7 Å². The van der Waals surface area contributed by atoms with Gasteiger partial charge in [0.05, 0.1) is 4.92 Å². The zero-order chi connectivity index (χ0) is 14.0. The lowest BCUT2D eigenvalue weighted by atomic mass is 10.1. The van der Waals surface area contributed by atoms with Crippen molar-refractivity contribution in [2.24, 2.45) is 5.92 Å². The Hall–Kier alpha value is -1.62. The molecule has 1 aliphatic heterocycles. The molecule has 1 aromatic rings. The molecule has 1 saturated heterocycles. The first-order chi connectivity index (χ1) is 9.02. The molecule has 6 heteroatoms. The van der Waals surface area contributed by atoms with Gasteiger partial charge in [0.25, 0.3) is 11.6 Å². The number of carbonyl (C=O) groups excluding carboxylic acids is 1. The van der Waals surface area contributed by atoms with Crippen LogP contribution >= 0.6 is 11.6 Å². The number of halogens is 1. The van der Waals surface area contributed by atoms with E-state index in [-0.39, 0.29) is 16.6 Å². The average molecular weight is 283 g/mol. The van der Waals surface area contributed by atoms with Gasteiger partial charge in [0.2, 0.25) is 0 Å². The maximum atomic E-state index is 12.2. The third-order valence-corrected chi connectivity index (χ3v) is 3.84. The van der Waals surface area contributed by atoms with Gasteiger partial charge >= 0.3 is 0 Å². The molecule has 1 amide bonds. The molecule has 0 saturated carbocycles. The molecule has 102 valence electrons. The molecule has 0 aromatic heterocycles. The Kier molecular flexibility index (Phi) is 4.04. The predicted octanol–water partition coefficient (Wildman–Crippen LogP) is 3.12. The fourth-order valence-electron chi connectivity index (χ4n) is 2.32. The van der Waals surface area contributed by atoms with E-state index in [4.69, 9.17) is 11.6 Å². The summed E-state index contributed by atoms with van der Waals surface area (Å²) in [6, 6.07) is 4.12. The number of nitro benzene ring substituents is 1. The molecule has 5 nitrogen and oxygen atoms in total. The van der Waals surface area contributed by atoms with Gasteiger partial charge in [-0.2, -0.15) is 0 Å². The van der Waals surface area contributed by atoms with Crippen molar-refractivity contribution in [2.45, 2.75) is 19.8 Å². The van der Waals surface area contributed by atoms with Crippen molar-refractivity contribution in [3.05, 3.63) is 38.9 Å². The van der Waals surface area contributed by atoms with Gasteiger partial charge in [0.15, 0.2) is 0 Å². The molecule has 0 bridgehead atoms. The summed E-state index contributed by atoms with van der Waals surface area (Å²) >= 11 is 5.82. The zero-order valence-electron chi connectivity index (χ0n) is 10.6. The summed E-state index contributed by atoms with van der Waals surface area (Å²) in [5.74, 6) is 0.449. The normalized spacial score (nSPS) is 18.6. The zero-order valence-corrected chi connectivity index (χ0v) is 11.4. The highest BCUT2D eigenvalue weighted by Gasteiger charge is 2.26. The first kappa shape index (κ1) is 13.8. The van der Waals surface area contributed by atoms with Gasteiger partial charge in [-0.25, -0.2) is 0 Å². The van der Waals surface area contributed by atoms with E-state index in [2.05, 4.69) is 6.92 Å². The number of benzene rings is 1. The molecule has 1 aromatic carbocycles. The van der Waals surface area contributed by atoms with Crippen molar-refractivity contribution in [1.29, 1.82) is 0 Å². The Morgan fingerprint density at radius 1 is 1.58 bits per heavy atom. The van der Waals surface area contributed by atoms with E-state index in [1.807, 2.05) is 0 Å². The fourth-order valence-corrected chi connectivity index (χ4v) is 2.57. The number of amides is 1. The minimum absolute atomic E-state index is 0.00193. The lowest BCUT2D eigenvalue weighted by Crippen LogP contribution is -2.28. The van der Waals surface area contributed by atoms with Crippen molar-refractivity contribution >= 4 is 23.2 Å². The first-order valence-electron chi connectivity index (χ1n) is 6.26. The van der Waals surface area contributed by atoms with Gasteiger partial charge in [-0.05, 0) is 24.5 Å². The van der Waals surface area contributed by atoms with Crippen LogP contribution in [0.5, 0.6) is 0 Å². The van der Waals surface area contributed by atoms with Crippen molar-refractivity contribution in [1.82, 2.24) is 4.90 Å². The van der Waals surface area contributed by atoms with Crippen LogP contribution in [0.25, 0.3) is 0 Å². The van der Waals surface area contributed by atoms with Crippen LogP contribution in [0.2, 0.25) is 5.02 Å². The number of nitrogens with zero attached hydrogens (tertiary/aromatic N) is 2. The van der Waals surface area contributed by atoms with Gasteiger partial charge in [0.1, 0.15) is 5.02 Å². The smallest absolute Gasteiger partial charge is 0.287 e. The molecule has 2 rings (SSSR count). The molecule has 1 unspecified atom stereocenters. The molecule has 0 N–H and O–H groups in total. The highest BCUT2D eigenvalue weighted by molar-refractivity contribution is 6.33. The second-order valence-corrected chi connectivity index (χ2v) is 5.14. The van der Waals surface area contributed by atoms with Gasteiger partial charge in [-0.1, -0.05) is 24.9 Å². The fraction of sp³-hybridized carbons (Fsp3) is 0.462. The topological polar surface area (TPSA) is 63.5 Å². The van der Waals surface area contributed by atoms with E-state index >= 15 is 0 Å². The van der Waals surface area contributed by atoms with Crippen LogP contribution in [-0.4, -0.2) is 28.8 Å². The van der Waals surface area contributed by atoms with Crippen molar-refractivity contribution in [2.75, 3.05) is 13.1 Å². The predicted molar refractivity (Wildman–Crippen MR) is 72.4 cm³/mol. The van der Waals surface area contributed by atoms with Crippen LogP contribution in [-0.2, 0) is 0 Å².